The molecule has 0 bridgehead atoms. The number of nitrogens with two attached hydrogens (primary N) is 1. The Morgan fingerprint density at radius 2 is 1.87 bits per heavy atom. The number of hydrogen-bond acceptors (Lipinski definition) is 2. The van der Waals surface area contributed by atoms with E-state index in [4.69, 9.17) is 10.5 Å². The van der Waals surface area contributed by atoms with Crippen LogP contribution in [-0.4, -0.2) is 18.1 Å². The molecule has 0 unspecified atom stereocenters. The van der Waals surface area contributed by atoms with Gasteiger partial charge in [0.1, 0.15) is 0 Å². The van der Waals surface area contributed by atoms with Crippen LogP contribution in [-0.2, 0) is 4.74 Å². The average Bonchev–Trinajstić information content (AvgIpc) is 2.24. The largest absolute Gasteiger partial charge is 0.501 e. The molecule has 2 rings (SSSR count). The first-order valence-electron chi connectivity index (χ1n) is 5.50. The maximum atomic E-state index is 13.0. The molecule has 0 atom stereocenters. The number of rotatable bonds is 1. The van der Waals surface area contributed by atoms with Crippen LogP contribution < -0.4 is 5.73 Å². The minimum absolute atomic E-state index is 0.0964. The van der Waals surface area contributed by atoms with Gasteiger partial charge in [0.2, 0.25) is 5.92 Å². The van der Waals surface area contributed by atoms with Crippen molar-refractivity contribution in [2.45, 2.75) is 50.0 Å². The Morgan fingerprint density at radius 3 is 2.40 bits per heavy atom. The maximum Gasteiger partial charge on any atom is 0.248 e. The van der Waals surface area contributed by atoms with E-state index in [0.717, 1.165) is 25.0 Å². The highest BCUT2D eigenvalue weighted by Crippen LogP contribution is 2.41. The molecule has 1 aliphatic heterocycles. The molecule has 1 saturated carbocycles. The number of halogens is 2. The van der Waals surface area contributed by atoms with Gasteiger partial charge in [-0.05, 0) is 31.3 Å². The SMILES string of the molecule is NC1(C2=COCCC2)CCC(F)(F)CC1. The minimum atomic E-state index is -2.51. The van der Waals surface area contributed by atoms with Gasteiger partial charge in [-0.3, -0.25) is 0 Å². The predicted octanol–water partition coefficient (Wildman–Crippen LogP) is 2.59. The van der Waals surface area contributed by atoms with Crippen molar-refractivity contribution in [1.82, 2.24) is 0 Å². The van der Waals surface area contributed by atoms with Crippen LogP contribution >= 0.6 is 0 Å². The summed E-state index contributed by atoms with van der Waals surface area (Å²) >= 11 is 0. The van der Waals surface area contributed by atoms with Crippen LogP contribution in [0, 0.1) is 0 Å². The molecule has 0 amide bonds. The van der Waals surface area contributed by atoms with Gasteiger partial charge in [0.15, 0.2) is 0 Å². The lowest BCUT2D eigenvalue weighted by Gasteiger charge is -2.39. The molecule has 0 aromatic heterocycles. The van der Waals surface area contributed by atoms with Gasteiger partial charge in [-0.1, -0.05) is 0 Å². The summed E-state index contributed by atoms with van der Waals surface area (Å²) in [5, 5.41) is 0. The van der Waals surface area contributed by atoms with E-state index >= 15 is 0 Å². The summed E-state index contributed by atoms with van der Waals surface area (Å²) in [5.41, 5.74) is 6.65. The maximum absolute atomic E-state index is 13.0. The quantitative estimate of drug-likeness (QED) is 0.732. The zero-order chi connectivity index (χ0) is 10.9. The van der Waals surface area contributed by atoms with Gasteiger partial charge in [0, 0.05) is 18.4 Å². The zero-order valence-corrected chi connectivity index (χ0v) is 8.77. The molecule has 0 spiro atoms. The van der Waals surface area contributed by atoms with E-state index in [2.05, 4.69) is 0 Å². The van der Waals surface area contributed by atoms with E-state index in [1.165, 1.54) is 0 Å². The Hall–Kier alpha value is -0.640. The lowest BCUT2D eigenvalue weighted by atomic mass is 9.74. The second-order valence-electron chi connectivity index (χ2n) is 4.63. The van der Waals surface area contributed by atoms with E-state index in [-0.39, 0.29) is 12.8 Å². The van der Waals surface area contributed by atoms with E-state index in [9.17, 15) is 8.78 Å². The number of ether oxygens (including phenoxy) is 1. The Kier molecular flexibility index (Phi) is 2.71. The smallest absolute Gasteiger partial charge is 0.248 e. The number of hydrogen-bond donors (Lipinski definition) is 1. The van der Waals surface area contributed by atoms with Crippen molar-refractivity contribution < 1.29 is 13.5 Å². The van der Waals surface area contributed by atoms with Crippen LogP contribution in [0.5, 0.6) is 0 Å². The van der Waals surface area contributed by atoms with Crippen LogP contribution in [0.2, 0.25) is 0 Å². The highest BCUT2D eigenvalue weighted by Gasteiger charge is 2.43. The standard InChI is InChI=1S/C11H17F2NO/c12-11(13)5-3-10(14,4-6-11)9-2-1-7-15-8-9/h8H,1-7,14H2. The van der Waals surface area contributed by atoms with Crippen molar-refractivity contribution in [2.24, 2.45) is 5.73 Å². The van der Waals surface area contributed by atoms with Crippen molar-refractivity contribution >= 4 is 0 Å². The lowest BCUT2D eigenvalue weighted by Crippen LogP contribution is -2.48. The summed E-state index contributed by atoms with van der Waals surface area (Å²) in [6, 6.07) is 0. The highest BCUT2D eigenvalue weighted by molar-refractivity contribution is 5.20. The molecule has 4 heteroatoms. The van der Waals surface area contributed by atoms with Crippen molar-refractivity contribution in [3.63, 3.8) is 0 Å². The molecule has 0 saturated heterocycles. The Bertz CT molecular complexity index is 266. The normalized spacial score (nSPS) is 29.1. The van der Waals surface area contributed by atoms with Crippen molar-refractivity contribution in [3.05, 3.63) is 11.8 Å². The molecule has 2 N–H and O–H groups in total. The first-order valence-corrected chi connectivity index (χ1v) is 5.50. The Balaban J connectivity index is 2.05. The molecular weight excluding hydrogens is 200 g/mol. The van der Waals surface area contributed by atoms with Crippen LogP contribution in [0.1, 0.15) is 38.5 Å². The highest BCUT2D eigenvalue weighted by atomic mass is 19.3. The molecule has 2 nitrogen and oxygen atoms in total. The summed E-state index contributed by atoms with van der Waals surface area (Å²) in [4.78, 5) is 0. The van der Waals surface area contributed by atoms with E-state index < -0.39 is 11.5 Å². The second kappa shape index (κ2) is 3.74. The monoisotopic (exact) mass is 217 g/mol. The molecule has 15 heavy (non-hydrogen) atoms. The summed E-state index contributed by atoms with van der Waals surface area (Å²) in [5.74, 6) is -2.51. The zero-order valence-electron chi connectivity index (χ0n) is 8.77. The fourth-order valence-electron chi connectivity index (χ4n) is 2.31. The van der Waals surface area contributed by atoms with Crippen LogP contribution in [0.3, 0.4) is 0 Å². The topological polar surface area (TPSA) is 35.2 Å². The fourth-order valence-corrected chi connectivity index (χ4v) is 2.31. The average molecular weight is 217 g/mol. The summed E-state index contributed by atoms with van der Waals surface area (Å²) < 4.78 is 31.2. The van der Waals surface area contributed by atoms with Gasteiger partial charge in [-0.25, -0.2) is 8.78 Å². The molecule has 86 valence electrons. The molecule has 1 aliphatic carbocycles. The third-order valence-electron chi connectivity index (χ3n) is 3.45. The summed E-state index contributed by atoms with van der Waals surface area (Å²) in [7, 11) is 0. The fraction of sp³-hybridized carbons (Fsp3) is 0.818. The first kappa shape index (κ1) is 10.9. The Morgan fingerprint density at radius 1 is 1.20 bits per heavy atom. The second-order valence-corrected chi connectivity index (χ2v) is 4.63. The van der Waals surface area contributed by atoms with E-state index in [0.29, 0.717) is 12.8 Å². The lowest BCUT2D eigenvalue weighted by molar-refractivity contribution is -0.0472. The molecule has 0 aromatic rings. The van der Waals surface area contributed by atoms with Gasteiger partial charge in [0.25, 0.3) is 0 Å². The summed E-state index contributed by atoms with van der Waals surface area (Å²) in [6.45, 7) is 0.718. The van der Waals surface area contributed by atoms with Crippen LogP contribution in [0.15, 0.2) is 11.8 Å². The van der Waals surface area contributed by atoms with Gasteiger partial charge >= 0.3 is 0 Å². The number of alkyl halides is 2. The van der Waals surface area contributed by atoms with Crippen molar-refractivity contribution in [2.75, 3.05) is 6.61 Å². The van der Waals surface area contributed by atoms with Crippen LogP contribution in [0.25, 0.3) is 0 Å². The summed E-state index contributed by atoms with van der Waals surface area (Å²) in [6.07, 6.45) is 4.07. The first-order chi connectivity index (χ1) is 7.02. The molecule has 1 heterocycles. The minimum Gasteiger partial charge on any atom is -0.501 e. The van der Waals surface area contributed by atoms with Crippen molar-refractivity contribution in [3.8, 4) is 0 Å². The predicted molar refractivity (Wildman–Crippen MR) is 53.6 cm³/mol. The van der Waals surface area contributed by atoms with Crippen LogP contribution in [0.4, 0.5) is 8.78 Å². The third-order valence-corrected chi connectivity index (χ3v) is 3.45. The molecule has 0 aromatic carbocycles. The van der Waals surface area contributed by atoms with Gasteiger partial charge < -0.3 is 10.5 Å². The van der Waals surface area contributed by atoms with Gasteiger partial charge in [-0.15, -0.1) is 0 Å². The van der Waals surface area contributed by atoms with E-state index in [1.54, 1.807) is 6.26 Å². The molecule has 0 radical (unpaired) electrons. The van der Waals surface area contributed by atoms with Gasteiger partial charge in [0.05, 0.1) is 12.9 Å². The third kappa shape index (κ3) is 2.30. The van der Waals surface area contributed by atoms with E-state index in [1.807, 2.05) is 0 Å². The molecule has 1 fully saturated rings. The van der Waals surface area contributed by atoms with Crippen molar-refractivity contribution in [1.29, 1.82) is 0 Å². The Labute approximate surface area is 88.5 Å². The molecule has 2 aliphatic rings. The van der Waals surface area contributed by atoms with Gasteiger partial charge in [-0.2, -0.15) is 0 Å². The molecular formula is C11H17F2NO.